The van der Waals surface area contributed by atoms with Crippen LogP contribution < -0.4 is 20.1 Å². The molecule has 2 aromatic rings. The van der Waals surface area contributed by atoms with E-state index >= 15 is 0 Å². The zero-order chi connectivity index (χ0) is 37.9. The first-order chi connectivity index (χ1) is 25.3. The highest BCUT2D eigenvalue weighted by atomic mass is 32.2. The minimum atomic E-state index is -3.92. The van der Waals surface area contributed by atoms with Gasteiger partial charge < -0.3 is 25.0 Å². The van der Waals surface area contributed by atoms with Crippen LogP contribution in [-0.4, -0.2) is 90.0 Å². The van der Waals surface area contributed by atoms with E-state index in [4.69, 9.17) is 9.47 Å². The molecule has 15 heteroatoms. The number of carbonyl (C=O) groups is 5. The minimum Gasteiger partial charge on any atom is -0.472 e. The highest BCUT2D eigenvalue weighted by Crippen LogP contribution is 2.45. The minimum absolute atomic E-state index is 0.0140. The molecule has 4 bridgehead atoms. The van der Waals surface area contributed by atoms with Gasteiger partial charge in [0.15, 0.2) is 5.78 Å². The number of cyclic esters (lactones) is 1. The number of hydrogen-bond acceptors (Lipinski definition) is 10. The zero-order valence-electron chi connectivity index (χ0n) is 29.8. The monoisotopic (exact) mass is 747 g/mol. The number of benzene rings is 1. The van der Waals surface area contributed by atoms with Crippen molar-refractivity contribution in [3.05, 3.63) is 66.4 Å². The molecule has 14 nitrogen and oxygen atoms in total. The number of carbonyl (C=O) groups excluding carboxylic acids is 5. The van der Waals surface area contributed by atoms with Crippen molar-refractivity contribution >= 4 is 56.5 Å². The number of amides is 4. The van der Waals surface area contributed by atoms with E-state index in [1.807, 2.05) is 36.4 Å². The molecule has 282 valence electrons. The van der Waals surface area contributed by atoms with Gasteiger partial charge in [-0.1, -0.05) is 35.9 Å². The van der Waals surface area contributed by atoms with Crippen LogP contribution in [0.15, 0.2) is 60.8 Å². The summed E-state index contributed by atoms with van der Waals surface area (Å²) in [5, 5.41) is 6.31. The molecule has 1 aromatic heterocycles. The lowest BCUT2D eigenvalue weighted by molar-refractivity contribution is -0.141. The maximum atomic E-state index is 14.4. The van der Waals surface area contributed by atoms with E-state index in [9.17, 15) is 32.4 Å². The SMILES string of the molecule is C=CC1C[C@]1(NC(=O)[C@@H]1C[C@@H]2CN1C(=O)[C@H](CCC(=O)C=C(C)C)NC(=O)OCCCC=Cc1ccc3ccnc(c3c1)O2)C(=O)NS(=O)(=O)C1CC1. The average molecular weight is 748 g/mol. The van der Waals surface area contributed by atoms with E-state index < -0.39 is 68.7 Å². The molecule has 4 aliphatic rings. The molecule has 1 aromatic carbocycles. The van der Waals surface area contributed by atoms with Crippen molar-refractivity contribution in [3.8, 4) is 5.88 Å². The molecule has 0 spiro atoms. The van der Waals surface area contributed by atoms with Crippen molar-refractivity contribution in [2.24, 2.45) is 5.92 Å². The van der Waals surface area contributed by atoms with Crippen molar-refractivity contribution in [2.75, 3.05) is 13.2 Å². The summed E-state index contributed by atoms with van der Waals surface area (Å²) in [6.07, 6.45) is 8.84. The van der Waals surface area contributed by atoms with Gasteiger partial charge >= 0.3 is 6.09 Å². The Kier molecular flexibility index (Phi) is 11.0. The third-order valence-corrected chi connectivity index (χ3v) is 11.7. The maximum absolute atomic E-state index is 14.4. The highest BCUT2D eigenvalue weighted by molar-refractivity contribution is 7.91. The van der Waals surface area contributed by atoms with Crippen LogP contribution in [0.2, 0.25) is 0 Å². The largest absolute Gasteiger partial charge is 0.472 e. The van der Waals surface area contributed by atoms with E-state index in [1.54, 1.807) is 20.0 Å². The number of sulfonamides is 1. The van der Waals surface area contributed by atoms with Gasteiger partial charge in [-0.05, 0) is 81.5 Å². The summed E-state index contributed by atoms with van der Waals surface area (Å²) in [7, 11) is -3.92. The highest BCUT2D eigenvalue weighted by Gasteiger charge is 2.62. The van der Waals surface area contributed by atoms with Gasteiger partial charge in [-0.3, -0.25) is 23.9 Å². The average Bonchev–Trinajstić information content (AvgIpc) is 4.04. The van der Waals surface area contributed by atoms with Gasteiger partial charge in [0.25, 0.3) is 5.91 Å². The number of hydrogen-bond donors (Lipinski definition) is 3. The number of alkyl carbamates (subject to hydrolysis) is 1. The quantitative estimate of drug-likeness (QED) is 0.240. The van der Waals surface area contributed by atoms with Gasteiger partial charge in [-0.25, -0.2) is 18.2 Å². The molecule has 6 rings (SSSR count). The van der Waals surface area contributed by atoms with E-state index in [0.717, 1.165) is 21.9 Å². The smallest absolute Gasteiger partial charge is 0.407 e. The van der Waals surface area contributed by atoms with Crippen molar-refractivity contribution in [1.82, 2.24) is 25.2 Å². The molecule has 2 saturated carbocycles. The van der Waals surface area contributed by atoms with E-state index in [1.165, 1.54) is 17.1 Å². The molecule has 3 N–H and O–H groups in total. The summed E-state index contributed by atoms with van der Waals surface area (Å²) in [4.78, 5) is 73.5. The summed E-state index contributed by atoms with van der Waals surface area (Å²) in [6, 6.07) is 5.24. The normalized spacial score (nSPS) is 26.0. The van der Waals surface area contributed by atoms with Crippen LogP contribution >= 0.6 is 0 Å². The van der Waals surface area contributed by atoms with E-state index in [0.29, 0.717) is 31.6 Å². The van der Waals surface area contributed by atoms with E-state index in [2.05, 4.69) is 26.9 Å². The molecular weight excluding hydrogens is 703 g/mol. The molecule has 0 radical (unpaired) electrons. The predicted molar refractivity (Wildman–Crippen MR) is 196 cm³/mol. The Bertz CT molecular complexity index is 1990. The van der Waals surface area contributed by atoms with Gasteiger partial charge in [-0.15, -0.1) is 6.58 Å². The molecule has 2 aliphatic carbocycles. The summed E-state index contributed by atoms with van der Waals surface area (Å²) >= 11 is 0. The predicted octanol–water partition coefficient (Wildman–Crippen LogP) is 3.47. The molecule has 4 amide bonds. The van der Waals surface area contributed by atoms with Crippen molar-refractivity contribution in [3.63, 3.8) is 0 Å². The number of rotatable bonds is 10. The first-order valence-electron chi connectivity index (χ1n) is 17.9. The lowest BCUT2D eigenvalue weighted by Gasteiger charge is -2.29. The van der Waals surface area contributed by atoms with Gasteiger partial charge in [0.2, 0.25) is 27.7 Å². The van der Waals surface area contributed by atoms with E-state index in [-0.39, 0.29) is 44.6 Å². The third kappa shape index (κ3) is 8.78. The van der Waals surface area contributed by atoms with Crippen LogP contribution in [0.4, 0.5) is 4.79 Å². The Morgan fingerprint density at radius 3 is 2.68 bits per heavy atom. The Hall–Kier alpha value is -5.05. The maximum Gasteiger partial charge on any atom is 0.407 e. The number of allylic oxidation sites excluding steroid dienone is 3. The number of fused-ring (bicyclic) bond motifs is 3. The second-order valence-electron chi connectivity index (χ2n) is 14.4. The molecular formula is C38H45N5O9S. The van der Waals surface area contributed by atoms with Gasteiger partial charge in [0.05, 0.1) is 18.4 Å². The van der Waals surface area contributed by atoms with Crippen LogP contribution in [-0.2, 0) is 33.9 Å². The second-order valence-corrected chi connectivity index (χ2v) is 16.3. The number of nitrogens with one attached hydrogen (secondary N) is 3. The Morgan fingerprint density at radius 1 is 1.17 bits per heavy atom. The Morgan fingerprint density at radius 2 is 1.96 bits per heavy atom. The zero-order valence-corrected chi connectivity index (χ0v) is 30.7. The standard InChI is InChI=1S/C38H45N5O9S/c1-4-26-21-38(26,36(47)42-53(49,50)29-12-13-29)41-33(45)32-20-28-22-43(32)35(46)31(14-11-27(44)18-23(2)3)40-37(48)51-17-7-5-6-8-24-9-10-25-15-16-39-34(52-28)30(25)19-24/h4,6,8-10,15-16,18-19,26,28-29,31-32H,1,5,7,11-14,17,20-22H2,2-3H3,(H,40,48)(H,41,45)(H,42,47)/t26?,28-,31+,32+,38-/m1/s1. The van der Waals surface area contributed by atoms with Crippen LogP contribution in [0.5, 0.6) is 5.88 Å². The number of ketones is 1. The molecule has 2 aliphatic heterocycles. The third-order valence-electron chi connectivity index (χ3n) is 9.91. The second kappa shape index (κ2) is 15.5. The molecule has 5 atom stereocenters. The lowest BCUT2D eigenvalue weighted by atomic mass is 10.1. The fraction of sp³-hybridized carbons (Fsp3) is 0.474. The van der Waals surface area contributed by atoms with Crippen LogP contribution in [0, 0.1) is 5.92 Å². The summed E-state index contributed by atoms with van der Waals surface area (Å²) in [5.41, 5.74) is 0.0911. The fourth-order valence-corrected chi connectivity index (χ4v) is 8.18. The van der Waals surface area contributed by atoms with Crippen LogP contribution in [0.25, 0.3) is 16.8 Å². The molecule has 53 heavy (non-hydrogen) atoms. The van der Waals surface area contributed by atoms with Crippen molar-refractivity contribution < 1.29 is 41.9 Å². The Balaban J connectivity index is 1.32. The number of ether oxygens (including phenoxy) is 2. The molecule has 1 unspecified atom stereocenters. The van der Waals surface area contributed by atoms with Crippen molar-refractivity contribution in [1.29, 1.82) is 0 Å². The Labute approximate surface area is 308 Å². The topological polar surface area (TPSA) is 190 Å². The summed E-state index contributed by atoms with van der Waals surface area (Å²) in [5.74, 6) is -2.71. The molecule has 3 fully saturated rings. The van der Waals surface area contributed by atoms with Crippen LogP contribution in [0.3, 0.4) is 0 Å². The fourth-order valence-electron chi connectivity index (χ4n) is 6.82. The van der Waals surface area contributed by atoms with Crippen molar-refractivity contribution in [2.45, 2.75) is 94.2 Å². The van der Waals surface area contributed by atoms with Crippen LogP contribution in [0.1, 0.15) is 70.8 Å². The summed E-state index contributed by atoms with van der Waals surface area (Å²) < 4.78 is 39.3. The summed E-state index contributed by atoms with van der Waals surface area (Å²) in [6.45, 7) is 7.29. The first-order valence-corrected chi connectivity index (χ1v) is 19.5. The number of aromatic nitrogens is 1. The van der Waals surface area contributed by atoms with Gasteiger partial charge in [-0.2, -0.15) is 0 Å². The first kappa shape index (κ1) is 37.7. The number of pyridine rings is 1. The van der Waals surface area contributed by atoms with Gasteiger partial charge in [0.1, 0.15) is 23.7 Å². The molecule has 1 saturated heterocycles. The number of nitrogens with zero attached hydrogens (tertiary/aromatic N) is 2. The van der Waals surface area contributed by atoms with Gasteiger partial charge in [0, 0.05) is 30.3 Å². The molecule has 3 heterocycles. The lowest BCUT2D eigenvalue weighted by Crippen LogP contribution is -2.58.